The minimum atomic E-state index is -1.08. The fraction of sp³-hybridized carbons (Fsp3) is 0.593. The molecule has 2 bridgehead atoms. The van der Waals surface area contributed by atoms with Gasteiger partial charge in [-0.1, -0.05) is 44.4 Å². The van der Waals surface area contributed by atoms with Gasteiger partial charge in [-0.05, 0) is 56.4 Å². The topological polar surface area (TPSA) is 87.7 Å². The van der Waals surface area contributed by atoms with Gasteiger partial charge >= 0.3 is 0 Å². The number of nitrogens with one attached hydrogen (secondary N) is 2. The van der Waals surface area contributed by atoms with Gasteiger partial charge in [-0.2, -0.15) is 0 Å². The number of ether oxygens (including phenoxy) is 1. The molecule has 1 saturated carbocycles. The van der Waals surface area contributed by atoms with Crippen LogP contribution in [-0.4, -0.2) is 53.0 Å². The molecule has 2 saturated heterocycles. The number of fused-ring (bicyclic) bond motifs is 1. The molecule has 1 aliphatic carbocycles. The standard InChI is InChI=1S/C27H35N3O4/c1-4-14-30-23(25(32)28-18-8-6-5-7-9-18)27-13-12-20(34-27)21(22(27)26(30)33)24(31)29-19-11-10-16(2)17(3)15-19/h10-13,15,18,20-23H,4-9,14H2,1-3H3,(H,28,32)(H,29,31)/t20-,21-,22-,23+,27+/m1/s1. The molecule has 2 N–H and O–H groups in total. The highest BCUT2D eigenvalue weighted by Crippen LogP contribution is 2.55. The van der Waals surface area contributed by atoms with Crippen molar-refractivity contribution >= 4 is 23.4 Å². The Labute approximate surface area is 201 Å². The number of nitrogens with zero attached hydrogens (tertiary/aromatic N) is 1. The third-order valence-corrected chi connectivity index (χ3v) is 8.12. The van der Waals surface area contributed by atoms with Gasteiger partial charge in [0.25, 0.3) is 0 Å². The Morgan fingerprint density at radius 3 is 2.59 bits per heavy atom. The maximum absolute atomic E-state index is 13.7. The lowest BCUT2D eigenvalue weighted by atomic mass is 9.74. The average molecular weight is 466 g/mol. The lowest BCUT2D eigenvalue weighted by Crippen LogP contribution is -2.56. The van der Waals surface area contributed by atoms with E-state index in [4.69, 9.17) is 4.74 Å². The number of carbonyl (C=O) groups is 3. The van der Waals surface area contributed by atoms with Gasteiger partial charge in [0, 0.05) is 18.3 Å². The van der Waals surface area contributed by atoms with Crippen molar-refractivity contribution in [3.63, 3.8) is 0 Å². The Morgan fingerprint density at radius 1 is 1.12 bits per heavy atom. The SMILES string of the molecule is CCCN1C(=O)[C@H]2[C@H](C(=O)Nc3ccc(C)c(C)c3)[C@H]3C=C[C@@]2(O3)[C@@H]1C(=O)NC1CCCCC1. The van der Waals surface area contributed by atoms with Crippen LogP contribution in [0.15, 0.2) is 30.4 Å². The first-order valence-corrected chi connectivity index (χ1v) is 12.7. The molecule has 182 valence electrons. The highest BCUT2D eigenvalue weighted by Gasteiger charge is 2.72. The van der Waals surface area contributed by atoms with Gasteiger partial charge in [-0.3, -0.25) is 14.4 Å². The molecule has 3 amide bonds. The highest BCUT2D eigenvalue weighted by molar-refractivity contribution is 6.02. The summed E-state index contributed by atoms with van der Waals surface area (Å²) in [6.07, 6.45) is 9.33. The minimum Gasteiger partial charge on any atom is -0.359 e. The molecule has 5 rings (SSSR count). The van der Waals surface area contributed by atoms with E-state index in [1.807, 2.05) is 51.1 Å². The number of rotatable bonds is 6. The van der Waals surface area contributed by atoms with Gasteiger partial charge in [-0.15, -0.1) is 0 Å². The molecule has 4 aliphatic rings. The van der Waals surface area contributed by atoms with Gasteiger partial charge in [0.2, 0.25) is 17.7 Å². The third-order valence-electron chi connectivity index (χ3n) is 8.12. The number of aryl methyl sites for hydroxylation is 2. The minimum absolute atomic E-state index is 0.140. The first-order valence-electron chi connectivity index (χ1n) is 12.7. The van der Waals surface area contributed by atoms with Gasteiger partial charge in [0.1, 0.15) is 11.6 Å². The predicted molar refractivity (Wildman–Crippen MR) is 129 cm³/mol. The van der Waals surface area contributed by atoms with Crippen molar-refractivity contribution < 1.29 is 19.1 Å². The van der Waals surface area contributed by atoms with Crippen LogP contribution in [-0.2, 0) is 19.1 Å². The molecule has 0 radical (unpaired) electrons. The number of benzene rings is 1. The Balaban J connectivity index is 1.42. The largest absolute Gasteiger partial charge is 0.359 e. The number of amides is 3. The fourth-order valence-corrected chi connectivity index (χ4v) is 6.32. The Morgan fingerprint density at radius 2 is 1.88 bits per heavy atom. The molecule has 0 unspecified atom stereocenters. The van der Waals surface area contributed by atoms with E-state index in [1.165, 1.54) is 6.42 Å². The first kappa shape index (κ1) is 23.1. The van der Waals surface area contributed by atoms with Crippen molar-refractivity contribution in [1.82, 2.24) is 10.2 Å². The summed E-state index contributed by atoms with van der Waals surface area (Å²) in [6, 6.07) is 5.18. The van der Waals surface area contributed by atoms with Crippen LogP contribution in [0.1, 0.15) is 56.6 Å². The smallest absolute Gasteiger partial charge is 0.246 e. The Hall–Kier alpha value is -2.67. The molecule has 7 nitrogen and oxygen atoms in total. The van der Waals surface area contributed by atoms with Crippen LogP contribution in [0.4, 0.5) is 5.69 Å². The number of hydrogen-bond donors (Lipinski definition) is 2. The van der Waals surface area contributed by atoms with Gasteiger partial charge in [-0.25, -0.2) is 0 Å². The van der Waals surface area contributed by atoms with Crippen molar-refractivity contribution in [3.05, 3.63) is 41.5 Å². The molecule has 5 atom stereocenters. The van der Waals surface area contributed by atoms with Crippen LogP contribution in [0.2, 0.25) is 0 Å². The molecule has 7 heteroatoms. The van der Waals surface area contributed by atoms with Crippen molar-refractivity contribution in [2.75, 3.05) is 11.9 Å². The normalized spacial score (nSPS) is 32.2. The molecule has 3 aliphatic heterocycles. The highest BCUT2D eigenvalue weighted by atomic mass is 16.5. The second-order valence-electron chi connectivity index (χ2n) is 10.4. The molecule has 34 heavy (non-hydrogen) atoms. The van der Waals surface area contributed by atoms with E-state index >= 15 is 0 Å². The lowest BCUT2D eigenvalue weighted by molar-refractivity contribution is -0.141. The summed E-state index contributed by atoms with van der Waals surface area (Å²) in [7, 11) is 0. The molecule has 3 fully saturated rings. The van der Waals surface area contributed by atoms with E-state index in [2.05, 4.69) is 10.6 Å². The molecular weight excluding hydrogens is 430 g/mol. The number of carbonyl (C=O) groups excluding carboxylic acids is 3. The van der Waals surface area contributed by atoms with Crippen LogP contribution >= 0.6 is 0 Å². The van der Waals surface area contributed by atoms with Crippen molar-refractivity contribution in [3.8, 4) is 0 Å². The van der Waals surface area contributed by atoms with Crippen molar-refractivity contribution in [2.45, 2.75) is 83.1 Å². The molecular formula is C27H35N3O4. The van der Waals surface area contributed by atoms with E-state index in [1.54, 1.807) is 4.90 Å². The average Bonchev–Trinajstić information content (AvgIpc) is 3.45. The van der Waals surface area contributed by atoms with Crippen LogP contribution in [0.3, 0.4) is 0 Å². The van der Waals surface area contributed by atoms with Gasteiger partial charge in [0.15, 0.2) is 0 Å². The maximum atomic E-state index is 13.7. The molecule has 3 heterocycles. The van der Waals surface area contributed by atoms with Crippen molar-refractivity contribution in [1.29, 1.82) is 0 Å². The van der Waals surface area contributed by atoms with E-state index in [9.17, 15) is 14.4 Å². The van der Waals surface area contributed by atoms with E-state index in [-0.39, 0.29) is 23.8 Å². The fourth-order valence-electron chi connectivity index (χ4n) is 6.32. The summed E-state index contributed by atoms with van der Waals surface area (Å²) in [5.74, 6) is -1.90. The summed E-state index contributed by atoms with van der Waals surface area (Å²) >= 11 is 0. The van der Waals surface area contributed by atoms with Crippen LogP contribution in [0.5, 0.6) is 0 Å². The summed E-state index contributed by atoms with van der Waals surface area (Å²) in [4.78, 5) is 42.4. The monoisotopic (exact) mass is 465 g/mol. The number of anilines is 1. The molecule has 0 aromatic heterocycles. The van der Waals surface area contributed by atoms with Crippen molar-refractivity contribution in [2.24, 2.45) is 11.8 Å². The summed E-state index contributed by atoms with van der Waals surface area (Å²) in [5.41, 5.74) is 1.86. The van der Waals surface area contributed by atoms with E-state index < -0.39 is 29.6 Å². The Kier molecular flexibility index (Phi) is 6.00. The summed E-state index contributed by atoms with van der Waals surface area (Å²) in [6.45, 7) is 6.49. The summed E-state index contributed by atoms with van der Waals surface area (Å²) < 4.78 is 6.37. The lowest BCUT2D eigenvalue weighted by Gasteiger charge is -2.34. The molecule has 1 aromatic carbocycles. The molecule has 1 spiro atoms. The third kappa shape index (κ3) is 3.65. The van der Waals surface area contributed by atoms with Gasteiger partial charge < -0.3 is 20.3 Å². The van der Waals surface area contributed by atoms with Crippen LogP contribution in [0, 0.1) is 25.7 Å². The second-order valence-corrected chi connectivity index (χ2v) is 10.4. The first-order chi connectivity index (χ1) is 16.4. The van der Waals surface area contributed by atoms with Gasteiger partial charge in [0.05, 0.1) is 17.9 Å². The van der Waals surface area contributed by atoms with Crippen LogP contribution < -0.4 is 10.6 Å². The maximum Gasteiger partial charge on any atom is 0.246 e. The zero-order chi connectivity index (χ0) is 24.0. The van der Waals surface area contributed by atoms with E-state index in [0.717, 1.165) is 43.2 Å². The predicted octanol–water partition coefficient (Wildman–Crippen LogP) is 3.25. The number of hydrogen-bond acceptors (Lipinski definition) is 4. The zero-order valence-electron chi connectivity index (χ0n) is 20.3. The van der Waals surface area contributed by atoms with Crippen LogP contribution in [0.25, 0.3) is 0 Å². The summed E-state index contributed by atoms with van der Waals surface area (Å²) in [5, 5.41) is 6.21. The zero-order valence-corrected chi connectivity index (χ0v) is 20.3. The number of likely N-dealkylation sites (tertiary alicyclic amines) is 1. The Bertz CT molecular complexity index is 1030. The quantitative estimate of drug-likeness (QED) is 0.632. The molecule has 1 aromatic rings. The second kappa shape index (κ2) is 8.84. The van der Waals surface area contributed by atoms with E-state index in [0.29, 0.717) is 12.2 Å².